The maximum Gasteiger partial charge on any atom is 0.421 e. The highest BCUT2D eigenvalue weighted by Crippen LogP contribution is 2.11. The number of aromatic nitrogens is 2. The molecule has 0 saturated heterocycles. The quantitative estimate of drug-likeness (QED) is 0.684. The average Bonchev–Trinajstić information content (AvgIpc) is 2.75. The van der Waals surface area contributed by atoms with Crippen molar-refractivity contribution in [1.82, 2.24) is 9.55 Å². The molecule has 0 unspecified atom stereocenters. The predicted octanol–water partition coefficient (Wildman–Crippen LogP) is 2.01. The first-order chi connectivity index (χ1) is 9.65. The molecule has 0 aliphatic rings. The van der Waals surface area contributed by atoms with Crippen LogP contribution in [0.15, 0.2) is 51.8 Å². The summed E-state index contributed by atoms with van der Waals surface area (Å²) in [6.07, 6.45) is 1.50. The molecule has 0 radical (unpaired) electrons. The third-order valence-corrected chi connectivity index (χ3v) is 2.87. The molecule has 0 atom stereocenters. The maximum atomic E-state index is 13.1. The smallest absolute Gasteiger partial charge is 0.406 e. The van der Waals surface area contributed by atoms with E-state index in [2.05, 4.69) is 4.98 Å². The summed E-state index contributed by atoms with van der Waals surface area (Å²) in [6.45, 7) is -0.244. The van der Waals surface area contributed by atoms with Crippen LogP contribution in [0, 0.1) is 5.82 Å². The van der Waals surface area contributed by atoms with Crippen molar-refractivity contribution in [2.75, 3.05) is 0 Å². The van der Waals surface area contributed by atoms with Crippen LogP contribution >= 0.6 is 0 Å². The van der Waals surface area contributed by atoms with Crippen molar-refractivity contribution in [1.29, 1.82) is 0 Å². The molecule has 3 rings (SSSR count). The van der Waals surface area contributed by atoms with Gasteiger partial charge in [-0.1, -0.05) is 12.1 Å². The van der Waals surface area contributed by atoms with Crippen molar-refractivity contribution in [2.24, 2.45) is 0 Å². The molecule has 0 fully saturated rings. The highest BCUT2D eigenvalue weighted by Gasteiger charge is 2.14. The van der Waals surface area contributed by atoms with Crippen molar-refractivity contribution in [2.45, 2.75) is 6.54 Å². The lowest BCUT2D eigenvalue weighted by molar-refractivity contribution is 0.0970. The molecule has 20 heavy (non-hydrogen) atoms. The number of Topliss-reactive ketones (excluding diaryl/α,β-unsaturated/α-hetero) is 1. The summed E-state index contributed by atoms with van der Waals surface area (Å²) in [6, 6.07) is 8.53. The van der Waals surface area contributed by atoms with Gasteiger partial charge in [0, 0.05) is 11.8 Å². The number of pyridine rings is 1. The van der Waals surface area contributed by atoms with Gasteiger partial charge in [0.25, 0.3) is 0 Å². The number of ketones is 1. The van der Waals surface area contributed by atoms with E-state index in [-0.39, 0.29) is 17.9 Å². The lowest BCUT2D eigenvalue weighted by Gasteiger charge is -2.01. The molecule has 3 aromatic rings. The minimum Gasteiger partial charge on any atom is -0.406 e. The second-order valence-corrected chi connectivity index (χ2v) is 4.21. The number of hydrogen-bond acceptors (Lipinski definition) is 4. The average molecular weight is 272 g/mol. The van der Waals surface area contributed by atoms with Crippen LogP contribution in [-0.2, 0) is 6.54 Å². The Kier molecular flexibility index (Phi) is 2.90. The highest BCUT2D eigenvalue weighted by molar-refractivity contribution is 5.96. The van der Waals surface area contributed by atoms with E-state index >= 15 is 0 Å². The van der Waals surface area contributed by atoms with Crippen LogP contribution in [0.25, 0.3) is 11.2 Å². The Morgan fingerprint density at radius 1 is 1.30 bits per heavy atom. The summed E-state index contributed by atoms with van der Waals surface area (Å²) in [5, 5.41) is 0. The third kappa shape index (κ3) is 2.11. The SMILES string of the molecule is O=C(Cn1c(=O)oc2cccnc21)c1cccc(F)c1. The minimum absolute atomic E-state index is 0.196. The predicted molar refractivity (Wildman–Crippen MR) is 69.0 cm³/mol. The van der Waals surface area contributed by atoms with Gasteiger partial charge < -0.3 is 4.42 Å². The summed E-state index contributed by atoms with van der Waals surface area (Å²) in [5.41, 5.74) is 0.800. The van der Waals surface area contributed by atoms with Gasteiger partial charge in [-0.2, -0.15) is 0 Å². The molecule has 100 valence electrons. The minimum atomic E-state index is -0.663. The molecule has 0 amide bonds. The number of fused-ring (bicyclic) bond motifs is 1. The molecular weight excluding hydrogens is 263 g/mol. The number of halogens is 1. The zero-order valence-corrected chi connectivity index (χ0v) is 10.2. The zero-order valence-electron chi connectivity index (χ0n) is 10.2. The van der Waals surface area contributed by atoms with Crippen LogP contribution in [0.3, 0.4) is 0 Å². The van der Waals surface area contributed by atoms with Crippen LogP contribution in [0.5, 0.6) is 0 Å². The Morgan fingerprint density at radius 3 is 2.95 bits per heavy atom. The lowest BCUT2D eigenvalue weighted by atomic mass is 10.1. The van der Waals surface area contributed by atoms with E-state index in [0.717, 1.165) is 10.6 Å². The number of nitrogens with zero attached hydrogens (tertiary/aromatic N) is 2. The van der Waals surface area contributed by atoms with Gasteiger partial charge in [-0.05, 0) is 24.3 Å². The Bertz CT molecular complexity index is 851. The van der Waals surface area contributed by atoms with Crippen molar-refractivity contribution in [3.05, 3.63) is 64.5 Å². The standard InChI is InChI=1S/C14H9FN2O3/c15-10-4-1-3-9(7-10)11(18)8-17-13-12(20-14(17)19)5-2-6-16-13/h1-7H,8H2. The Labute approximate surface area is 112 Å². The maximum absolute atomic E-state index is 13.1. The molecule has 1 aromatic carbocycles. The summed E-state index contributed by atoms with van der Waals surface area (Å²) in [4.78, 5) is 27.8. The van der Waals surface area contributed by atoms with Gasteiger partial charge in [-0.3, -0.25) is 9.36 Å². The van der Waals surface area contributed by atoms with Crippen molar-refractivity contribution in [3.63, 3.8) is 0 Å². The summed E-state index contributed by atoms with van der Waals surface area (Å²) < 4.78 is 19.2. The lowest BCUT2D eigenvalue weighted by Crippen LogP contribution is -2.20. The summed E-state index contributed by atoms with van der Waals surface area (Å²) >= 11 is 0. The first-order valence-corrected chi connectivity index (χ1v) is 5.88. The molecule has 0 aliphatic carbocycles. The van der Waals surface area contributed by atoms with Gasteiger partial charge in [0.1, 0.15) is 5.82 Å². The van der Waals surface area contributed by atoms with Crippen LogP contribution in [0.1, 0.15) is 10.4 Å². The monoisotopic (exact) mass is 272 g/mol. The van der Waals surface area contributed by atoms with E-state index in [4.69, 9.17) is 4.42 Å². The molecule has 5 nitrogen and oxygen atoms in total. The van der Waals surface area contributed by atoms with Crippen LogP contribution < -0.4 is 5.76 Å². The van der Waals surface area contributed by atoms with Crippen molar-refractivity contribution in [3.8, 4) is 0 Å². The fourth-order valence-electron chi connectivity index (χ4n) is 1.94. The Hall–Kier alpha value is -2.76. The molecule has 2 aromatic heterocycles. The van der Waals surface area contributed by atoms with Crippen molar-refractivity contribution >= 4 is 17.0 Å². The Morgan fingerprint density at radius 2 is 2.15 bits per heavy atom. The van der Waals surface area contributed by atoms with Gasteiger partial charge >= 0.3 is 5.76 Å². The van der Waals surface area contributed by atoms with Gasteiger partial charge in [-0.25, -0.2) is 14.2 Å². The Balaban J connectivity index is 1.99. The van der Waals surface area contributed by atoms with Crippen LogP contribution in [-0.4, -0.2) is 15.3 Å². The van der Waals surface area contributed by atoms with Gasteiger partial charge in [-0.15, -0.1) is 0 Å². The van der Waals surface area contributed by atoms with E-state index in [0.29, 0.717) is 11.2 Å². The van der Waals surface area contributed by atoms with Crippen LogP contribution in [0.4, 0.5) is 4.39 Å². The van der Waals surface area contributed by atoms with Gasteiger partial charge in [0.15, 0.2) is 17.0 Å². The molecule has 0 bridgehead atoms. The molecule has 2 heterocycles. The van der Waals surface area contributed by atoms with Crippen molar-refractivity contribution < 1.29 is 13.6 Å². The molecule has 0 saturated carbocycles. The van der Waals surface area contributed by atoms with E-state index in [1.54, 1.807) is 12.1 Å². The third-order valence-electron chi connectivity index (χ3n) is 2.87. The van der Waals surface area contributed by atoms with E-state index in [1.807, 2.05) is 0 Å². The second-order valence-electron chi connectivity index (χ2n) is 4.21. The number of carbonyl (C=O) groups excluding carboxylic acids is 1. The first kappa shape index (κ1) is 12.3. The number of benzene rings is 1. The fourth-order valence-corrected chi connectivity index (χ4v) is 1.94. The highest BCUT2D eigenvalue weighted by atomic mass is 19.1. The zero-order chi connectivity index (χ0) is 14.1. The molecule has 0 spiro atoms. The van der Waals surface area contributed by atoms with Gasteiger partial charge in [0.2, 0.25) is 0 Å². The molecule has 0 aliphatic heterocycles. The van der Waals surface area contributed by atoms with E-state index < -0.39 is 11.6 Å². The number of oxazole rings is 1. The topological polar surface area (TPSA) is 65.1 Å². The summed E-state index contributed by atoms with van der Waals surface area (Å²) in [5.74, 6) is -1.55. The number of carbonyl (C=O) groups is 1. The normalized spacial score (nSPS) is 10.8. The number of hydrogen-bond donors (Lipinski definition) is 0. The second kappa shape index (κ2) is 4.73. The summed E-state index contributed by atoms with van der Waals surface area (Å²) in [7, 11) is 0. The number of rotatable bonds is 3. The van der Waals surface area contributed by atoms with E-state index in [1.165, 1.54) is 24.4 Å². The van der Waals surface area contributed by atoms with Gasteiger partial charge in [0.05, 0.1) is 6.54 Å². The molecule has 6 heteroatoms. The fraction of sp³-hybridized carbons (Fsp3) is 0.0714. The molecular formula is C14H9FN2O3. The largest absolute Gasteiger partial charge is 0.421 e. The van der Waals surface area contributed by atoms with E-state index in [9.17, 15) is 14.0 Å². The first-order valence-electron chi connectivity index (χ1n) is 5.88. The molecule has 0 N–H and O–H groups in total. The van der Waals surface area contributed by atoms with Crippen LogP contribution in [0.2, 0.25) is 0 Å².